The first kappa shape index (κ1) is 18.5. The van der Waals surface area contributed by atoms with Gasteiger partial charge in [0.25, 0.3) is 10.0 Å². The second-order valence-electron chi connectivity index (χ2n) is 5.12. The summed E-state index contributed by atoms with van der Waals surface area (Å²) in [4.78, 5) is 12.2. The molecule has 5 N–H and O–H groups in total. The third-order valence-corrected chi connectivity index (χ3v) is 4.52. The van der Waals surface area contributed by atoms with Crippen molar-refractivity contribution in [3.63, 3.8) is 0 Å². The minimum absolute atomic E-state index is 0.209. The topological polar surface area (TPSA) is 143 Å². The molecule has 0 saturated carbocycles. The number of nitrogens with two attached hydrogens (primary N) is 1. The number of aliphatic hydroxyl groups excluding tert-OH is 1. The van der Waals surface area contributed by atoms with Gasteiger partial charge in [-0.2, -0.15) is 4.98 Å². The zero-order valence-electron chi connectivity index (χ0n) is 12.9. The van der Waals surface area contributed by atoms with E-state index in [1.54, 1.807) is 13.1 Å². The van der Waals surface area contributed by atoms with Crippen molar-refractivity contribution in [1.29, 1.82) is 0 Å². The first-order chi connectivity index (χ1) is 11.2. The molecule has 0 aliphatic carbocycles. The van der Waals surface area contributed by atoms with Crippen LogP contribution < -0.4 is 15.8 Å². The smallest absolute Gasteiger partial charge is 0.255 e. The van der Waals surface area contributed by atoms with Gasteiger partial charge in [0.2, 0.25) is 5.95 Å². The van der Waals surface area contributed by atoms with Crippen LogP contribution in [0.4, 0.5) is 17.5 Å². The van der Waals surface area contributed by atoms with Gasteiger partial charge in [-0.3, -0.25) is 0 Å². The molecule has 2 aromatic rings. The summed E-state index contributed by atoms with van der Waals surface area (Å²) < 4.78 is 23.0. The summed E-state index contributed by atoms with van der Waals surface area (Å²) in [6, 6.07) is 2.58. The van der Waals surface area contributed by atoms with Gasteiger partial charge < -0.3 is 15.7 Å². The molecular formula is C13H17BrN6O3S. The van der Waals surface area contributed by atoms with E-state index in [1.807, 2.05) is 6.92 Å². The van der Waals surface area contributed by atoms with Gasteiger partial charge in [0.15, 0.2) is 5.03 Å². The van der Waals surface area contributed by atoms with Crippen molar-refractivity contribution in [1.82, 2.24) is 15.0 Å². The Morgan fingerprint density at radius 2 is 1.96 bits per heavy atom. The standard InChI is InChI=1S/C13H17BrN6O3S/c1-7(8(2)21)18-12-10(14)6-17-13(20-12)19-9-3-4-11(16-5-9)24(15,22)23/h3-8,21H,1-2H3,(H2,15,22,23)(H2,17,18,19,20). The highest BCUT2D eigenvalue weighted by Gasteiger charge is 2.13. The van der Waals surface area contributed by atoms with Crippen LogP contribution in [-0.2, 0) is 10.0 Å². The summed E-state index contributed by atoms with van der Waals surface area (Å²) in [5, 5.41) is 20.3. The summed E-state index contributed by atoms with van der Waals surface area (Å²) in [7, 11) is -3.84. The number of sulfonamides is 1. The Kier molecular flexibility index (Phi) is 5.70. The number of hydrogen-bond acceptors (Lipinski definition) is 8. The summed E-state index contributed by atoms with van der Waals surface area (Å²) in [6.45, 7) is 3.49. The molecular weight excluding hydrogens is 400 g/mol. The lowest BCUT2D eigenvalue weighted by atomic mass is 10.2. The number of nitrogens with one attached hydrogen (secondary N) is 2. The normalized spacial score (nSPS) is 14.0. The Hall–Kier alpha value is -1.82. The van der Waals surface area contributed by atoms with Crippen molar-refractivity contribution in [2.24, 2.45) is 5.14 Å². The van der Waals surface area contributed by atoms with Gasteiger partial charge in [-0.1, -0.05) is 0 Å². The van der Waals surface area contributed by atoms with Gasteiger partial charge in [0.1, 0.15) is 5.82 Å². The highest BCUT2D eigenvalue weighted by Crippen LogP contribution is 2.23. The van der Waals surface area contributed by atoms with Crippen molar-refractivity contribution < 1.29 is 13.5 Å². The number of aromatic nitrogens is 3. The maximum atomic E-state index is 11.2. The Balaban J connectivity index is 2.18. The fourth-order valence-electron chi connectivity index (χ4n) is 1.62. The number of primary sulfonamides is 1. The van der Waals surface area contributed by atoms with E-state index in [1.165, 1.54) is 18.3 Å². The number of rotatable bonds is 6. The van der Waals surface area contributed by atoms with E-state index in [4.69, 9.17) is 5.14 Å². The third-order valence-electron chi connectivity index (χ3n) is 3.12. The number of pyridine rings is 1. The molecule has 2 aromatic heterocycles. The monoisotopic (exact) mass is 416 g/mol. The molecule has 11 heteroatoms. The Labute approximate surface area is 147 Å². The molecule has 2 rings (SSSR count). The zero-order chi connectivity index (χ0) is 17.9. The van der Waals surface area contributed by atoms with Gasteiger partial charge in [-0.25, -0.2) is 23.5 Å². The molecule has 0 aliphatic heterocycles. The number of anilines is 3. The van der Waals surface area contributed by atoms with Crippen LogP contribution in [0.25, 0.3) is 0 Å². The second kappa shape index (κ2) is 7.38. The van der Waals surface area contributed by atoms with Crippen LogP contribution >= 0.6 is 15.9 Å². The molecule has 0 bridgehead atoms. The van der Waals surface area contributed by atoms with Crippen LogP contribution in [0.2, 0.25) is 0 Å². The van der Waals surface area contributed by atoms with Crippen molar-refractivity contribution in [3.05, 3.63) is 29.0 Å². The van der Waals surface area contributed by atoms with Crippen LogP contribution in [-0.4, -0.2) is 40.6 Å². The molecule has 0 aliphatic rings. The summed E-state index contributed by atoms with van der Waals surface area (Å²) in [5.41, 5.74) is 0.499. The third kappa shape index (κ3) is 4.84. The number of nitrogens with zero attached hydrogens (tertiary/aromatic N) is 3. The van der Waals surface area contributed by atoms with E-state index in [-0.39, 0.29) is 17.0 Å². The molecule has 2 unspecified atom stereocenters. The number of halogens is 1. The zero-order valence-corrected chi connectivity index (χ0v) is 15.3. The van der Waals surface area contributed by atoms with Gasteiger partial charge in [-0.05, 0) is 41.9 Å². The lowest BCUT2D eigenvalue weighted by Gasteiger charge is -2.18. The Morgan fingerprint density at radius 3 is 2.50 bits per heavy atom. The summed E-state index contributed by atoms with van der Waals surface area (Å²) in [5.74, 6) is 0.790. The highest BCUT2D eigenvalue weighted by atomic mass is 79.9. The largest absolute Gasteiger partial charge is 0.391 e. The maximum Gasteiger partial charge on any atom is 0.255 e. The molecule has 130 valence electrons. The Bertz CT molecular complexity index is 813. The van der Waals surface area contributed by atoms with Gasteiger partial charge >= 0.3 is 0 Å². The van der Waals surface area contributed by atoms with Gasteiger partial charge in [0, 0.05) is 6.20 Å². The molecule has 0 radical (unpaired) electrons. The second-order valence-corrected chi connectivity index (χ2v) is 7.48. The minimum atomic E-state index is -3.84. The van der Waals surface area contributed by atoms with Crippen LogP contribution in [0.15, 0.2) is 34.0 Å². The fourth-order valence-corrected chi connectivity index (χ4v) is 2.38. The molecule has 2 heterocycles. The molecule has 0 amide bonds. The number of aliphatic hydroxyl groups is 1. The average Bonchev–Trinajstić information content (AvgIpc) is 2.50. The molecule has 24 heavy (non-hydrogen) atoms. The highest BCUT2D eigenvalue weighted by molar-refractivity contribution is 9.10. The van der Waals surface area contributed by atoms with Crippen LogP contribution in [0.3, 0.4) is 0 Å². The van der Waals surface area contributed by atoms with Crippen LogP contribution in [0.1, 0.15) is 13.8 Å². The molecule has 0 saturated heterocycles. The molecule has 2 atom stereocenters. The SMILES string of the molecule is CC(O)C(C)Nc1nc(Nc2ccc(S(N)(=O)=O)nc2)ncc1Br. The first-order valence-electron chi connectivity index (χ1n) is 6.90. The summed E-state index contributed by atoms with van der Waals surface area (Å²) in [6.07, 6.45) is 2.31. The predicted octanol–water partition coefficient (Wildman–Crippen LogP) is 1.21. The van der Waals surface area contributed by atoms with Crippen LogP contribution in [0.5, 0.6) is 0 Å². The molecule has 0 spiro atoms. The van der Waals surface area contributed by atoms with Crippen molar-refractivity contribution in [2.75, 3.05) is 10.6 Å². The van der Waals surface area contributed by atoms with E-state index in [0.29, 0.717) is 16.0 Å². The molecule has 0 aromatic carbocycles. The number of hydrogen-bond donors (Lipinski definition) is 4. The molecule has 9 nitrogen and oxygen atoms in total. The van der Waals surface area contributed by atoms with Crippen molar-refractivity contribution in [2.45, 2.75) is 31.0 Å². The lowest BCUT2D eigenvalue weighted by Crippen LogP contribution is -2.28. The van der Waals surface area contributed by atoms with E-state index in [0.717, 1.165) is 0 Å². The average molecular weight is 417 g/mol. The van der Waals surface area contributed by atoms with E-state index < -0.39 is 16.1 Å². The van der Waals surface area contributed by atoms with Crippen molar-refractivity contribution in [3.8, 4) is 0 Å². The van der Waals surface area contributed by atoms with Gasteiger partial charge in [-0.15, -0.1) is 0 Å². The van der Waals surface area contributed by atoms with Crippen LogP contribution in [0, 0.1) is 0 Å². The predicted molar refractivity (Wildman–Crippen MR) is 93.4 cm³/mol. The van der Waals surface area contributed by atoms with E-state index >= 15 is 0 Å². The minimum Gasteiger partial charge on any atom is -0.391 e. The molecule has 0 fully saturated rings. The van der Waals surface area contributed by atoms with E-state index in [2.05, 4.69) is 41.5 Å². The first-order valence-corrected chi connectivity index (χ1v) is 9.24. The quantitative estimate of drug-likeness (QED) is 0.549. The van der Waals surface area contributed by atoms with E-state index in [9.17, 15) is 13.5 Å². The maximum absolute atomic E-state index is 11.2. The van der Waals surface area contributed by atoms with Crippen molar-refractivity contribution >= 4 is 43.4 Å². The fraction of sp³-hybridized carbons (Fsp3) is 0.308. The Morgan fingerprint density at radius 1 is 1.25 bits per heavy atom. The van der Waals surface area contributed by atoms with Gasteiger partial charge in [0.05, 0.1) is 28.5 Å². The lowest BCUT2D eigenvalue weighted by molar-refractivity contribution is 0.177. The summed E-state index contributed by atoms with van der Waals surface area (Å²) >= 11 is 3.34.